The molecule has 6 heteroatoms. The number of halogens is 4. The lowest BCUT2D eigenvalue weighted by molar-refractivity contribution is 0.621. The van der Waals surface area contributed by atoms with E-state index in [1.54, 1.807) is 12.1 Å². The van der Waals surface area contributed by atoms with Crippen molar-refractivity contribution < 1.29 is 4.39 Å². The first kappa shape index (κ1) is 13.3. The van der Waals surface area contributed by atoms with Gasteiger partial charge in [-0.1, -0.05) is 11.6 Å². The van der Waals surface area contributed by atoms with Crippen LogP contribution >= 0.6 is 54.8 Å². The van der Waals surface area contributed by atoms with Gasteiger partial charge in [-0.25, -0.2) is 4.39 Å². The molecule has 1 aromatic heterocycles. The van der Waals surface area contributed by atoms with Gasteiger partial charge in [-0.2, -0.15) is 0 Å². The number of nitrogens with one attached hydrogen (secondary N) is 1. The molecule has 0 atom stereocenters. The third-order valence-electron chi connectivity index (χ3n) is 2.08. The van der Waals surface area contributed by atoms with Crippen molar-refractivity contribution in [3.05, 3.63) is 48.2 Å². The van der Waals surface area contributed by atoms with E-state index in [9.17, 15) is 4.39 Å². The average molecular weight is 400 g/mol. The molecular weight excluding hydrogens is 392 g/mol. The summed E-state index contributed by atoms with van der Waals surface area (Å²) < 4.78 is 15.1. The minimum atomic E-state index is -0.266. The number of anilines is 1. The van der Waals surface area contributed by atoms with E-state index >= 15 is 0 Å². The Bertz CT molecular complexity index is 525. The minimum Gasteiger partial charge on any atom is -0.380 e. The molecule has 0 aliphatic rings. The Kier molecular flexibility index (Phi) is 4.47. The Morgan fingerprint density at radius 1 is 1.24 bits per heavy atom. The van der Waals surface area contributed by atoms with E-state index in [0.29, 0.717) is 11.0 Å². The second-order valence-corrected chi connectivity index (χ2v) is 6.76. The van der Waals surface area contributed by atoms with E-state index in [1.165, 1.54) is 17.4 Å². The van der Waals surface area contributed by atoms with Crippen LogP contribution < -0.4 is 5.32 Å². The second-order valence-electron chi connectivity index (χ2n) is 3.32. The normalized spacial score (nSPS) is 10.6. The monoisotopic (exact) mass is 397 g/mol. The lowest BCUT2D eigenvalue weighted by atomic mass is 10.3. The average Bonchev–Trinajstić information content (AvgIpc) is 2.60. The third kappa shape index (κ3) is 3.44. The molecule has 0 fully saturated rings. The zero-order valence-corrected chi connectivity index (χ0v) is 13.2. The molecule has 1 N–H and O–H groups in total. The molecule has 90 valence electrons. The maximum Gasteiger partial charge on any atom is 0.137 e. The van der Waals surface area contributed by atoms with Crippen molar-refractivity contribution in [3.8, 4) is 0 Å². The molecule has 2 aromatic rings. The summed E-state index contributed by atoms with van der Waals surface area (Å²) in [7, 11) is 0. The lowest BCUT2D eigenvalue weighted by Gasteiger charge is -2.05. The van der Waals surface area contributed by atoms with Crippen LogP contribution in [0.2, 0.25) is 4.34 Å². The highest BCUT2D eigenvalue weighted by Gasteiger charge is 2.05. The molecule has 0 saturated carbocycles. The summed E-state index contributed by atoms with van der Waals surface area (Å²) in [4.78, 5) is 1.11. The van der Waals surface area contributed by atoms with Crippen LogP contribution in [0, 0.1) is 5.82 Å². The first-order chi connectivity index (χ1) is 8.06. The molecule has 0 bridgehead atoms. The fourth-order valence-corrected chi connectivity index (χ4v) is 3.38. The molecule has 1 nitrogen and oxygen atoms in total. The highest BCUT2D eigenvalue weighted by Crippen LogP contribution is 2.32. The van der Waals surface area contributed by atoms with Crippen LogP contribution in [-0.2, 0) is 6.54 Å². The zero-order valence-electron chi connectivity index (χ0n) is 8.44. The summed E-state index contributed by atoms with van der Waals surface area (Å²) in [6, 6.07) is 6.80. The van der Waals surface area contributed by atoms with Gasteiger partial charge in [-0.3, -0.25) is 0 Å². The van der Waals surface area contributed by atoms with Gasteiger partial charge < -0.3 is 5.32 Å². The van der Waals surface area contributed by atoms with Crippen LogP contribution in [0.3, 0.4) is 0 Å². The second kappa shape index (κ2) is 5.69. The molecule has 0 amide bonds. The van der Waals surface area contributed by atoms with E-state index in [1.807, 2.05) is 6.07 Å². The SMILES string of the molecule is Fc1ccc(NCc2cc(Br)c(Cl)s2)cc1Br. The highest BCUT2D eigenvalue weighted by molar-refractivity contribution is 9.10. The van der Waals surface area contributed by atoms with Crippen molar-refractivity contribution in [1.29, 1.82) is 0 Å². The molecular formula is C11H7Br2ClFNS. The van der Waals surface area contributed by atoms with Gasteiger partial charge in [-0.15, -0.1) is 11.3 Å². The smallest absolute Gasteiger partial charge is 0.137 e. The van der Waals surface area contributed by atoms with Crippen molar-refractivity contribution >= 4 is 60.5 Å². The number of benzene rings is 1. The Balaban J connectivity index is 2.04. The van der Waals surface area contributed by atoms with Crippen molar-refractivity contribution in [3.63, 3.8) is 0 Å². The maximum absolute atomic E-state index is 13.0. The predicted molar refractivity (Wildman–Crippen MR) is 78.5 cm³/mol. The molecule has 0 aliphatic carbocycles. The van der Waals surface area contributed by atoms with E-state index in [-0.39, 0.29) is 5.82 Å². The van der Waals surface area contributed by atoms with Gasteiger partial charge in [0.2, 0.25) is 0 Å². The molecule has 0 aliphatic heterocycles. The van der Waals surface area contributed by atoms with Crippen molar-refractivity contribution in [2.45, 2.75) is 6.54 Å². The molecule has 0 unspecified atom stereocenters. The molecule has 1 heterocycles. The van der Waals surface area contributed by atoms with Crippen molar-refractivity contribution in [2.24, 2.45) is 0 Å². The molecule has 1 aromatic carbocycles. The Labute approximate surface area is 124 Å². The number of hydrogen-bond donors (Lipinski definition) is 1. The van der Waals surface area contributed by atoms with Crippen molar-refractivity contribution in [1.82, 2.24) is 0 Å². The molecule has 17 heavy (non-hydrogen) atoms. The van der Waals surface area contributed by atoms with Gasteiger partial charge in [0.05, 0.1) is 4.47 Å². The third-order valence-corrected chi connectivity index (χ3v) is 5.16. The number of thiophene rings is 1. The van der Waals surface area contributed by atoms with Crippen LogP contribution in [0.5, 0.6) is 0 Å². The summed E-state index contributed by atoms with van der Waals surface area (Å²) in [5.41, 5.74) is 0.860. The maximum atomic E-state index is 13.0. The Morgan fingerprint density at radius 2 is 2.00 bits per heavy atom. The first-order valence-electron chi connectivity index (χ1n) is 4.69. The van der Waals surface area contributed by atoms with Gasteiger partial charge in [-0.05, 0) is 56.1 Å². The summed E-state index contributed by atoms with van der Waals surface area (Å²) >= 11 is 14.0. The Morgan fingerprint density at radius 3 is 2.59 bits per heavy atom. The van der Waals surface area contributed by atoms with Crippen LogP contribution in [0.25, 0.3) is 0 Å². The summed E-state index contributed by atoms with van der Waals surface area (Å²) in [6.07, 6.45) is 0. The van der Waals surface area contributed by atoms with Crippen LogP contribution in [0.1, 0.15) is 4.88 Å². The number of hydrogen-bond acceptors (Lipinski definition) is 2. The van der Waals surface area contributed by atoms with Crippen LogP contribution in [-0.4, -0.2) is 0 Å². The minimum absolute atomic E-state index is 0.266. The van der Waals surface area contributed by atoms with Crippen LogP contribution in [0.4, 0.5) is 10.1 Å². The van der Waals surface area contributed by atoms with Gasteiger partial charge in [0.25, 0.3) is 0 Å². The van der Waals surface area contributed by atoms with E-state index in [2.05, 4.69) is 37.2 Å². The highest BCUT2D eigenvalue weighted by atomic mass is 79.9. The molecule has 2 rings (SSSR count). The fourth-order valence-electron chi connectivity index (χ4n) is 1.27. The predicted octanol–water partition coefficient (Wildman–Crippen LogP) is 5.68. The Hall–Kier alpha value is -0.100. The number of rotatable bonds is 3. The zero-order chi connectivity index (χ0) is 12.4. The largest absolute Gasteiger partial charge is 0.380 e. The fraction of sp³-hybridized carbons (Fsp3) is 0.0909. The van der Waals surface area contributed by atoms with Crippen LogP contribution in [0.15, 0.2) is 33.2 Å². The topological polar surface area (TPSA) is 12.0 Å². The quantitative estimate of drug-likeness (QED) is 0.700. The standard InChI is InChI=1S/C11H7Br2ClFNS/c12-8-3-6(1-2-10(8)15)16-5-7-4-9(13)11(14)17-7/h1-4,16H,5H2. The first-order valence-corrected chi connectivity index (χ1v) is 7.47. The van der Waals surface area contributed by atoms with Gasteiger partial charge in [0.15, 0.2) is 0 Å². The van der Waals surface area contributed by atoms with E-state index in [0.717, 1.165) is 19.4 Å². The van der Waals surface area contributed by atoms with Gasteiger partial charge >= 0.3 is 0 Å². The summed E-state index contributed by atoms with van der Waals surface area (Å²) in [6.45, 7) is 0.661. The van der Waals surface area contributed by atoms with E-state index in [4.69, 9.17) is 11.6 Å². The van der Waals surface area contributed by atoms with Gasteiger partial charge in [0, 0.05) is 21.6 Å². The molecule has 0 spiro atoms. The summed E-state index contributed by atoms with van der Waals surface area (Å²) in [5.74, 6) is -0.266. The molecule has 0 radical (unpaired) electrons. The van der Waals surface area contributed by atoms with Crippen molar-refractivity contribution in [2.75, 3.05) is 5.32 Å². The summed E-state index contributed by atoms with van der Waals surface area (Å²) in [5, 5.41) is 3.20. The lowest BCUT2D eigenvalue weighted by Crippen LogP contribution is -1.97. The van der Waals surface area contributed by atoms with E-state index < -0.39 is 0 Å². The van der Waals surface area contributed by atoms with Gasteiger partial charge in [0.1, 0.15) is 10.2 Å². The molecule has 0 saturated heterocycles.